The highest BCUT2D eigenvalue weighted by molar-refractivity contribution is 5.98. The van der Waals surface area contributed by atoms with Crippen LogP contribution in [0.25, 0.3) is 0 Å². The number of piperazine rings is 1. The predicted molar refractivity (Wildman–Crippen MR) is 58.6 cm³/mol. The van der Waals surface area contributed by atoms with E-state index in [4.69, 9.17) is 0 Å². The smallest absolute Gasteiger partial charge is 0.249 e. The second kappa shape index (κ2) is 3.22. The van der Waals surface area contributed by atoms with Gasteiger partial charge in [0.1, 0.15) is 5.54 Å². The number of carbonyl (C=O) groups is 2. The van der Waals surface area contributed by atoms with E-state index in [0.717, 1.165) is 32.1 Å². The summed E-state index contributed by atoms with van der Waals surface area (Å²) in [5.74, 6) is 0.785. The lowest BCUT2D eigenvalue weighted by molar-refractivity contribution is -0.150. The molecule has 3 aliphatic rings. The Bertz CT molecular complexity index is 347. The molecule has 1 N–H and O–H groups in total. The minimum absolute atomic E-state index is 0.0283. The Labute approximate surface area is 95.4 Å². The van der Waals surface area contributed by atoms with Gasteiger partial charge in [0.15, 0.2) is 0 Å². The molecule has 2 unspecified atom stereocenters. The van der Waals surface area contributed by atoms with Crippen LogP contribution in [0.4, 0.5) is 0 Å². The monoisotopic (exact) mass is 222 g/mol. The molecule has 0 aromatic rings. The number of carbonyl (C=O) groups excluding carboxylic acids is 2. The van der Waals surface area contributed by atoms with Crippen LogP contribution in [-0.2, 0) is 9.59 Å². The molecule has 1 heterocycles. The molecule has 3 fully saturated rings. The molecule has 0 radical (unpaired) electrons. The minimum Gasteiger partial charge on any atom is -0.340 e. The van der Waals surface area contributed by atoms with E-state index in [2.05, 4.69) is 12.2 Å². The first kappa shape index (κ1) is 10.1. The zero-order valence-electron chi connectivity index (χ0n) is 9.66. The molecule has 16 heavy (non-hydrogen) atoms. The maximum atomic E-state index is 12.4. The standard InChI is InChI=1S/C12H18N2O2/c1-8-6-9(8)14-7-10(15)13-12(11(14)16)4-2-3-5-12/h8-9H,2-7H2,1H3,(H,13,15). The molecule has 2 saturated carbocycles. The molecule has 1 spiro atoms. The van der Waals surface area contributed by atoms with E-state index in [0.29, 0.717) is 12.0 Å². The van der Waals surface area contributed by atoms with E-state index in [9.17, 15) is 9.59 Å². The lowest BCUT2D eigenvalue weighted by atomic mass is 9.93. The highest BCUT2D eigenvalue weighted by Crippen LogP contribution is 2.40. The van der Waals surface area contributed by atoms with Gasteiger partial charge < -0.3 is 10.2 Å². The van der Waals surface area contributed by atoms with Crippen LogP contribution in [0.1, 0.15) is 39.0 Å². The normalized spacial score (nSPS) is 36.7. The summed E-state index contributed by atoms with van der Waals surface area (Å²) in [6, 6.07) is 0.330. The van der Waals surface area contributed by atoms with Gasteiger partial charge in [0.25, 0.3) is 0 Å². The zero-order valence-corrected chi connectivity index (χ0v) is 9.66. The average Bonchev–Trinajstić information content (AvgIpc) is 2.76. The third kappa shape index (κ3) is 1.35. The Hall–Kier alpha value is -1.06. The van der Waals surface area contributed by atoms with Crippen molar-refractivity contribution < 1.29 is 9.59 Å². The van der Waals surface area contributed by atoms with Gasteiger partial charge in [-0.2, -0.15) is 0 Å². The Kier molecular flexibility index (Phi) is 2.03. The number of amides is 2. The molecule has 3 rings (SSSR count). The van der Waals surface area contributed by atoms with Crippen molar-refractivity contribution in [3.8, 4) is 0 Å². The van der Waals surface area contributed by atoms with E-state index >= 15 is 0 Å². The van der Waals surface area contributed by atoms with E-state index in [1.807, 2.05) is 4.90 Å². The van der Waals surface area contributed by atoms with Gasteiger partial charge in [-0.1, -0.05) is 19.8 Å². The summed E-state index contributed by atoms with van der Waals surface area (Å²) in [4.78, 5) is 26.0. The van der Waals surface area contributed by atoms with Gasteiger partial charge in [0.2, 0.25) is 11.8 Å². The van der Waals surface area contributed by atoms with Crippen LogP contribution in [0.15, 0.2) is 0 Å². The quantitative estimate of drug-likeness (QED) is 0.708. The highest BCUT2D eigenvalue weighted by atomic mass is 16.2. The van der Waals surface area contributed by atoms with Gasteiger partial charge in [-0.25, -0.2) is 0 Å². The zero-order chi connectivity index (χ0) is 11.3. The largest absolute Gasteiger partial charge is 0.340 e. The van der Waals surface area contributed by atoms with E-state index < -0.39 is 5.54 Å². The predicted octanol–water partition coefficient (Wildman–Crippen LogP) is 0.666. The van der Waals surface area contributed by atoms with Crippen molar-refractivity contribution in [1.29, 1.82) is 0 Å². The van der Waals surface area contributed by atoms with Crippen LogP contribution in [-0.4, -0.2) is 34.8 Å². The average molecular weight is 222 g/mol. The van der Waals surface area contributed by atoms with Gasteiger partial charge in [0.05, 0.1) is 6.54 Å². The van der Waals surface area contributed by atoms with Crippen LogP contribution in [0.2, 0.25) is 0 Å². The van der Waals surface area contributed by atoms with Crippen LogP contribution in [0, 0.1) is 5.92 Å². The van der Waals surface area contributed by atoms with E-state index in [1.165, 1.54) is 0 Å². The maximum absolute atomic E-state index is 12.4. The molecule has 2 amide bonds. The molecule has 88 valence electrons. The fourth-order valence-corrected chi connectivity index (χ4v) is 3.18. The number of nitrogens with one attached hydrogen (secondary N) is 1. The first-order valence-corrected chi connectivity index (χ1v) is 6.24. The Morgan fingerprint density at radius 1 is 1.31 bits per heavy atom. The van der Waals surface area contributed by atoms with E-state index in [1.54, 1.807) is 0 Å². The molecule has 2 atom stereocenters. The van der Waals surface area contributed by atoms with Crippen LogP contribution < -0.4 is 5.32 Å². The number of hydrogen-bond acceptors (Lipinski definition) is 2. The molecule has 0 aromatic heterocycles. The topological polar surface area (TPSA) is 49.4 Å². The summed E-state index contributed by atoms with van der Waals surface area (Å²) in [6.07, 6.45) is 4.83. The summed E-state index contributed by atoms with van der Waals surface area (Å²) < 4.78 is 0. The van der Waals surface area contributed by atoms with Gasteiger partial charge >= 0.3 is 0 Å². The molecular weight excluding hydrogens is 204 g/mol. The van der Waals surface area contributed by atoms with Crippen LogP contribution in [0.3, 0.4) is 0 Å². The fourth-order valence-electron chi connectivity index (χ4n) is 3.18. The van der Waals surface area contributed by atoms with Gasteiger partial charge in [0, 0.05) is 6.04 Å². The van der Waals surface area contributed by atoms with Crippen molar-refractivity contribution in [2.75, 3.05) is 6.54 Å². The van der Waals surface area contributed by atoms with Crippen molar-refractivity contribution in [3.63, 3.8) is 0 Å². The molecule has 0 bridgehead atoms. The molecule has 1 saturated heterocycles. The lowest BCUT2D eigenvalue weighted by Crippen LogP contribution is -2.66. The summed E-state index contributed by atoms with van der Waals surface area (Å²) in [7, 11) is 0. The number of rotatable bonds is 1. The fraction of sp³-hybridized carbons (Fsp3) is 0.833. The summed E-state index contributed by atoms with van der Waals surface area (Å²) in [5.41, 5.74) is -0.530. The first-order valence-electron chi connectivity index (χ1n) is 6.24. The van der Waals surface area contributed by atoms with Crippen molar-refractivity contribution in [2.24, 2.45) is 5.92 Å². The molecule has 1 aliphatic heterocycles. The SMILES string of the molecule is CC1CC1N1CC(=O)NC2(CCCC2)C1=O. The van der Waals surface area contributed by atoms with Crippen LogP contribution >= 0.6 is 0 Å². The first-order chi connectivity index (χ1) is 7.62. The molecule has 2 aliphatic carbocycles. The minimum atomic E-state index is -0.530. The van der Waals surface area contributed by atoms with Gasteiger partial charge in [-0.15, -0.1) is 0 Å². The molecular formula is C12H18N2O2. The second-order valence-electron chi connectivity index (χ2n) is 5.55. The highest BCUT2D eigenvalue weighted by Gasteiger charge is 2.53. The molecule has 0 aromatic carbocycles. The van der Waals surface area contributed by atoms with Crippen LogP contribution in [0.5, 0.6) is 0 Å². The maximum Gasteiger partial charge on any atom is 0.249 e. The van der Waals surface area contributed by atoms with Crippen molar-refractivity contribution in [3.05, 3.63) is 0 Å². The Morgan fingerprint density at radius 2 is 1.94 bits per heavy atom. The number of hydrogen-bond donors (Lipinski definition) is 1. The summed E-state index contributed by atoms with van der Waals surface area (Å²) in [5, 5.41) is 2.94. The summed E-state index contributed by atoms with van der Waals surface area (Å²) >= 11 is 0. The Balaban J connectivity index is 1.85. The van der Waals surface area contributed by atoms with E-state index in [-0.39, 0.29) is 18.4 Å². The summed E-state index contributed by atoms with van der Waals surface area (Å²) in [6.45, 7) is 2.42. The van der Waals surface area contributed by atoms with Crippen molar-refractivity contribution in [1.82, 2.24) is 10.2 Å². The Morgan fingerprint density at radius 3 is 2.50 bits per heavy atom. The molecule has 4 heteroatoms. The third-order valence-electron chi connectivity index (χ3n) is 4.29. The lowest BCUT2D eigenvalue weighted by Gasteiger charge is -2.40. The molecule has 4 nitrogen and oxygen atoms in total. The van der Waals surface area contributed by atoms with Gasteiger partial charge in [-0.3, -0.25) is 9.59 Å². The van der Waals surface area contributed by atoms with Crippen molar-refractivity contribution >= 4 is 11.8 Å². The van der Waals surface area contributed by atoms with Gasteiger partial charge in [-0.05, 0) is 25.2 Å². The number of nitrogens with zero attached hydrogens (tertiary/aromatic N) is 1. The second-order valence-corrected chi connectivity index (χ2v) is 5.55. The third-order valence-corrected chi connectivity index (χ3v) is 4.29. The van der Waals surface area contributed by atoms with Crippen molar-refractivity contribution in [2.45, 2.75) is 50.6 Å².